The monoisotopic (exact) mass is 712 g/mol. The smallest absolute Gasteiger partial charge is 0.326 e. The molecule has 1 saturated heterocycles. The van der Waals surface area contributed by atoms with E-state index in [9.17, 15) is 43.0 Å². The number of thioether (sulfide) groups is 1. The minimum Gasteiger partial charge on any atom is -0.484 e. The van der Waals surface area contributed by atoms with Crippen LogP contribution in [0.15, 0.2) is 72.8 Å². The second-order valence-corrected chi connectivity index (χ2v) is 12.7. The normalized spacial score (nSPS) is 16.5. The van der Waals surface area contributed by atoms with Gasteiger partial charge in [-0.3, -0.25) is 19.2 Å². The van der Waals surface area contributed by atoms with Crippen molar-refractivity contribution in [2.75, 3.05) is 30.3 Å². The van der Waals surface area contributed by atoms with E-state index in [2.05, 4.69) is 16.0 Å². The lowest BCUT2D eigenvalue weighted by Crippen LogP contribution is -2.57. The van der Waals surface area contributed by atoms with Gasteiger partial charge < -0.3 is 35.8 Å². The van der Waals surface area contributed by atoms with Crippen LogP contribution in [0.4, 0.5) is 14.5 Å². The summed E-state index contributed by atoms with van der Waals surface area (Å²) in [5, 5.41) is 26.8. The summed E-state index contributed by atoms with van der Waals surface area (Å²) in [4.78, 5) is 61.9. The maximum absolute atomic E-state index is 13.6. The molecule has 3 aromatic rings. The predicted octanol–water partition coefficient (Wildman–Crippen LogP) is 3.26. The van der Waals surface area contributed by atoms with Gasteiger partial charge in [0.25, 0.3) is 5.91 Å². The molecule has 4 rings (SSSR count). The first kappa shape index (κ1) is 37.8. The van der Waals surface area contributed by atoms with Crippen LogP contribution in [0.5, 0.6) is 5.75 Å². The minimum absolute atomic E-state index is 0.155. The molecule has 1 heterocycles. The first-order valence-electron chi connectivity index (χ1n) is 15.8. The van der Waals surface area contributed by atoms with Gasteiger partial charge in [0.2, 0.25) is 17.7 Å². The number of aliphatic hydroxyl groups excluding tert-OH is 1. The highest BCUT2D eigenvalue weighted by Gasteiger charge is 2.49. The van der Waals surface area contributed by atoms with Gasteiger partial charge in [0.15, 0.2) is 6.61 Å². The van der Waals surface area contributed by atoms with Crippen molar-refractivity contribution < 1.29 is 47.7 Å². The van der Waals surface area contributed by atoms with Crippen molar-refractivity contribution in [3.8, 4) is 5.75 Å². The number of aliphatic hydroxyl groups is 1. The van der Waals surface area contributed by atoms with E-state index in [-0.39, 0.29) is 24.0 Å². The van der Waals surface area contributed by atoms with E-state index in [1.54, 1.807) is 24.3 Å². The highest BCUT2D eigenvalue weighted by Crippen LogP contribution is 2.46. The molecule has 0 spiro atoms. The third-order valence-corrected chi connectivity index (χ3v) is 9.13. The number of amides is 4. The molecule has 4 amide bonds. The number of nitrogens with one attached hydrogen (secondary N) is 3. The third kappa shape index (κ3) is 10.7. The van der Waals surface area contributed by atoms with E-state index in [4.69, 9.17) is 4.74 Å². The Hall–Kier alpha value is -5.02. The first-order valence-corrected chi connectivity index (χ1v) is 16.9. The quantitative estimate of drug-likeness (QED) is 0.0980. The zero-order valence-electron chi connectivity index (χ0n) is 27.1. The summed E-state index contributed by atoms with van der Waals surface area (Å²) >= 11 is 1.25. The number of carbonyl (C=O) groups is 5. The summed E-state index contributed by atoms with van der Waals surface area (Å²) in [6, 6.07) is 16.0. The van der Waals surface area contributed by atoms with Gasteiger partial charge in [0, 0.05) is 24.9 Å². The number of anilines is 1. The van der Waals surface area contributed by atoms with Crippen LogP contribution in [0.1, 0.15) is 49.5 Å². The fourth-order valence-electron chi connectivity index (χ4n) is 5.19. The van der Waals surface area contributed by atoms with E-state index < -0.39 is 66.0 Å². The van der Waals surface area contributed by atoms with Crippen molar-refractivity contribution in [3.05, 3.63) is 95.6 Å². The summed E-state index contributed by atoms with van der Waals surface area (Å²) in [6.07, 6.45) is 0.217. The van der Waals surface area contributed by atoms with Crippen LogP contribution in [-0.4, -0.2) is 76.6 Å². The Morgan fingerprint density at radius 3 is 2.16 bits per heavy atom. The number of carboxylic acids is 1. The molecular weight excluding hydrogens is 674 g/mol. The van der Waals surface area contributed by atoms with Gasteiger partial charge in [-0.15, -0.1) is 11.8 Å². The molecule has 3 aromatic carbocycles. The molecule has 5 N–H and O–H groups in total. The third-order valence-electron chi connectivity index (χ3n) is 7.80. The summed E-state index contributed by atoms with van der Waals surface area (Å²) in [5.41, 5.74) is 1.73. The minimum atomic E-state index is -1.21. The van der Waals surface area contributed by atoms with Crippen molar-refractivity contribution in [2.24, 2.45) is 0 Å². The van der Waals surface area contributed by atoms with Crippen molar-refractivity contribution in [3.63, 3.8) is 0 Å². The maximum Gasteiger partial charge on any atom is 0.326 e. The Morgan fingerprint density at radius 1 is 0.900 bits per heavy atom. The van der Waals surface area contributed by atoms with E-state index in [0.717, 1.165) is 5.56 Å². The van der Waals surface area contributed by atoms with Gasteiger partial charge in [0.1, 0.15) is 28.7 Å². The lowest BCUT2D eigenvalue weighted by atomic mass is 9.92. The van der Waals surface area contributed by atoms with Crippen molar-refractivity contribution in [2.45, 2.75) is 49.6 Å². The van der Waals surface area contributed by atoms with Gasteiger partial charge in [-0.05, 0) is 78.9 Å². The number of rotatable bonds is 18. The van der Waals surface area contributed by atoms with Crippen LogP contribution < -0.4 is 25.6 Å². The molecule has 12 nitrogen and oxygen atoms in total. The average molecular weight is 713 g/mol. The number of aliphatic carboxylic acids is 1. The Bertz CT molecular complexity index is 1640. The topological polar surface area (TPSA) is 174 Å². The number of benzene rings is 3. The molecule has 0 saturated carbocycles. The molecule has 0 radical (unpaired) electrons. The van der Waals surface area contributed by atoms with Crippen molar-refractivity contribution in [1.82, 2.24) is 16.0 Å². The molecule has 0 aromatic heterocycles. The maximum atomic E-state index is 13.6. The number of unbranched alkanes of at least 4 members (excludes halogenated alkanes) is 1. The fourth-order valence-corrected chi connectivity index (χ4v) is 6.49. The lowest BCUT2D eigenvalue weighted by Gasteiger charge is -2.47. The molecular formula is C35H38F2N4O8S. The summed E-state index contributed by atoms with van der Waals surface area (Å²) in [5.74, 6) is -3.31. The molecule has 1 aliphatic rings. The summed E-state index contributed by atoms with van der Waals surface area (Å²) in [7, 11) is 0. The van der Waals surface area contributed by atoms with Crippen LogP contribution in [-0.2, 0) is 24.0 Å². The molecule has 4 atom stereocenters. The van der Waals surface area contributed by atoms with Crippen LogP contribution in [0.2, 0.25) is 0 Å². The van der Waals surface area contributed by atoms with E-state index in [1.165, 1.54) is 72.1 Å². The number of β-lactam (4-membered cyclic amide) rings is 1. The molecule has 0 aliphatic carbocycles. The Kier molecular flexibility index (Phi) is 13.7. The molecule has 0 bridgehead atoms. The first-order chi connectivity index (χ1) is 23.9. The number of hydrogen-bond acceptors (Lipinski definition) is 8. The largest absolute Gasteiger partial charge is 0.484 e. The number of halogens is 2. The molecule has 50 heavy (non-hydrogen) atoms. The van der Waals surface area contributed by atoms with Crippen LogP contribution >= 0.6 is 11.8 Å². The molecule has 15 heteroatoms. The van der Waals surface area contributed by atoms with Gasteiger partial charge in [-0.2, -0.15) is 0 Å². The fraction of sp³-hybridized carbons (Fsp3) is 0.343. The van der Waals surface area contributed by atoms with Crippen LogP contribution in [0.25, 0.3) is 0 Å². The number of hydrogen-bond donors (Lipinski definition) is 5. The van der Waals surface area contributed by atoms with E-state index in [0.29, 0.717) is 36.4 Å². The number of carboxylic acid groups (broad SMARTS) is 1. The predicted molar refractivity (Wildman–Crippen MR) is 181 cm³/mol. The van der Waals surface area contributed by atoms with E-state index >= 15 is 0 Å². The van der Waals surface area contributed by atoms with Gasteiger partial charge in [-0.25, -0.2) is 13.6 Å². The second-order valence-electron chi connectivity index (χ2n) is 11.5. The summed E-state index contributed by atoms with van der Waals surface area (Å²) in [6.45, 7) is 0.890. The van der Waals surface area contributed by atoms with Crippen LogP contribution in [0, 0.1) is 11.6 Å². The number of ether oxygens (including phenoxy) is 1. The standard InChI is InChI=1S/C35H38F2N4O8S/c1-21(42)38-17-3-2-4-28(35(47)48)40-30(44)18-39-31(45)19-49-27-15-7-23(8-16-27)32-33(34(46)41(32)26-13-11-25(37)12-14-26)50-20-29(43)22-5-9-24(36)10-6-22/h5-16,28-29,32-33,43H,2-4,17-20H2,1H3,(H,38,42)(H,39,45)(H,40,44)(H,47,48)/t28-,29?,32-,33-/m1/s1. The SMILES string of the molecule is CC(=O)NCCCC[C@@H](NC(=O)CNC(=O)COc1ccc([C@@H]2[C@@H](SCC(O)c3ccc(F)cc3)C(=O)N2c2ccc(F)cc2)cc1)C(=O)O. The Morgan fingerprint density at radius 2 is 1.54 bits per heavy atom. The highest BCUT2D eigenvalue weighted by atomic mass is 32.2. The number of carbonyl (C=O) groups excluding carboxylic acids is 4. The Balaban J connectivity index is 1.30. The number of nitrogens with zero attached hydrogens (tertiary/aromatic N) is 1. The zero-order valence-corrected chi connectivity index (χ0v) is 28.0. The van der Waals surface area contributed by atoms with E-state index in [1.807, 2.05) is 0 Å². The van der Waals surface area contributed by atoms with Crippen molar-refractivity contribution in [1.29, 1.82) is 0 Å². The average Bonchev–Trinajstić information content (AvgIpc) is 3.09. The molecule has 1 unspecified atom stereocenters. The van der Waals surface area contributed by atoms with Gasteiger partial charge in [-0.1, -0.05) is 24.3 Å². The zero-order chi connectivity index (χ0) is 36.2. The molecule has 1 fully saturated rings. The Labute approximate surface area is 291 Å². The second kappa shape index (κ2) is 18.1. The summed E-state index contributed by atoms with van der Waals surface area (Å²) < 4.78 is 32.5. The molecule has 266 valence electrons. The van der Waals surface area contributed by atoms with Crippen LogP contribution in [0.3, 0.4) is 0 Å². The highest BCUT2D eigenvalue weighted by molar-refractivity contribution is 8.00. The lowest BCUT2D eigenvalue weighted by molar-refractivity contribution is -0.142. The van der Waals surface area contributed by atoms with Gasteiger partial charge in [0.05, 0.1) is 18.7 Å². The molecule has 1 aliphatic heterocycles. The van der Waals surface area contributed by atoms with Gasteiger partial charge >= 0.3 is 5.97 Å². The van der Waals surface area contributed by atoms with Crippen molar-refractivity contribution >= 4 is 47.0 Å².